The molecule has 1 saturated heterocycles. The van der Waals surface area contributed by atoms with Crippen molar-refractivity contribution in [3.05, 3.63) is 60.6 Å². The number of amides is 1. The number of rotatable bonds is 6. The van der Waals surface area contributed by atoms with Crippen molar-refractivity contribution >= 4 is 23.5 Å². The van der Waals surface area contributed by atoms with E-state index in [9.17, 15) is 4.79 Å². The van der Waals surface area contributed by atoms with Gasteiger partial charge < -0.3 is 9.80 Å². The van der Waals surface area contributed by atoms with Crippen LogP contribution in [-0.4, -0.2) is 62.5 Å². The summed E-state index contributed by atoms with van der Waals surface area (Å²) in [6, 6.07) is 16.2. The van der Waals surface area contributed by atoms with Crippen LogP contribution in [0.5, 0.6) is 0 Å². The molecule has 0 radical (unpaired) electrons. The van der Waals surface area contributed by atoms with Crippen molar-refractivity contribution in [1.29, 1.82) is 0 Å². The highest BCUT2D eigenvalue weighted by molar-refractivity contribution is 7.99. The second kappa shape index (κ2) is 10.4. The molecule has 0 bridgehead atoms. The molecule has 8 heteroatoms. The summed E-state index contributed by atoms with van der Waals surface area (Å²) in [5, 5.41) is 5.50. The average molecular weight is 463 g/mol. The average Bonchev–Trinajstić information content (AvgIpc) is 3.33. The lowest BCUT2D eigenvalue weighted by molar-refractivity contribution is -0.128. The van der Waals surface area contributed by atoms with Gasteiger partial charge in [-0.3, -0.25) is 4.79 Å². The minimum atomic E-state index is 0.149. The van der Waals surface area contributed by atoms with Crippen molar-refractivity contribution in [3.8, 4) is 5.69 Å². The summed E-state index contributed by atoms with van der Waals surface area (Å²) < 4.78 is 1.99. The van der Waals surface area contributed by atoms with Crippen molar-refractivity contribution in [2.45, 2.75) is 43.2 Å². The number of hydrogen-bond acceptors (Lipinski definition) is 6. The number of hydrogen-bond donors (Lipinski definition) is 0. The molecule has 0 spiro atoms. The van der Waals surface area contributed by atoms with E-state index in [1.54, 1.807) is 0 Å². The first-order chi connectivity index (χ1) is 16.3. The highest BCUT2D eigenvalue weighted by Crippen LogP contribution is 2.33. The highest BCUT2D eigenvalue weighted by Gasteiger charge is 2.25. The Bertz CT molecular complexity index is 1040. The second-order valence-electron chi connectivity index (χ2n) is 8.68. The minimum absolute atomic E-state index is 0.149. The van der Waals surface area contributed by atoms with Crippen LogP contribution in [0.15, 0.2) is 59.9 Å². The third-order valence-corrected chi connectivity index (χ3v) is 7.34. The molecule has 0 N–H and O–H groups in total. The van der Waals surface area contributed by atoms with E-state index in [-0.39, 0.29) is 5.91 Å². The van der Waals surface area contributed by atoms with Gasteiger partial charge in [0.15, 0.2) is 0 Å². The molecule has 7 nitrogen and oxygen atoms in total. The summed E-state index contributed by atoms with van der Waals surface area (Å²) in [4.78, 5) is 26.4. The zero-order valence-corrected chi connectivity index (χ0v) is 19.7. The van der Waals surface area contributed by atoms with Crippen molar-refractivity contribution in [3.63, 3.8) is 0 Å². The van der Waals surface area contributed by atoms with Gasteiger partial charge in [-0.2, -0.15) is 0 Å². The summed E-state index contributed by atoms with van der Waals surface area (Å²) in [5.74, 6) is 2.98. The molecule has 1 aliphatic carbocycles. The van der Waals surface area contributed by atoms with Crippen LogP contribution in [0.25, 0.3) is 5.69 Å². The first kappa shape index (κ1) is 21.9. The third kappa shape index (κ3) is 5.21. The Hall–Kier alpha value is -2.87. The van der Waals surface area contributed by atoms with E-state index in [2.05, 4.69) is 22.0 Å². The number of anilines is 1. The van der Waals surface area contributed by atoms with E-state index < -0.39 is 0 Å². The maximum absolute atomic E-state index is 12.9. The molecule has 3 aromatic rings. The van der Waals surface area contributed by atoms with Gasteiger partial charge in [0.05, 0.1) is 11.4 Å². The Labute approximate surface area is 199 Å². The van der Waals surface area contributed by atoms with Crippen molar-refractivity contribution in [2.75, 3.05) is 36.8 Å². The number of thioether (sulfide) groups is 1. The van der Waals surface area contributed by atoms with Gasteiger partial charge in [0.2, 0.25) is 11.1 Å². The molecule has 1 aliphatic heterocycles. The molecule has 1 amide bonds. The van der Waals surface area contributed by atoms with Crippen LogP contribution in [0, 0.1) is 0 Å². The lowest BCUT2D eigenvalue weighted by Gasteiger charge is -2.35. The molecular weight excluding hydrogens is 432 g/mol. The zero-order chi connectivity index (χ0) is 22.5. The fraction of sp³-hybridized carbons (Fsp3) is 0.440. The third-order valence-electron chi connectivity index (χ3n) is 6.51. The van der Waals surface area contributed by atoms with Crippen LogP contribution in [0.1, 0.15) is 43.8 Å². The van der Waals surface area contributed by atoms with Crippen molar-refractivity contribution in [2.24, 2.45) is 0 Å². The first-order valence-corrected chi connectivity index (χ1v) is 12.9. The number of para-hydroxylation sites is 1. The van der Waals surface area contributed by atoms with E-state index >= 15 is 0 Å². The molecule has 2 fully saturated rings. The minimum Gasteiger partial charge on any atom is -0.353 e. The maximum atomic E-state index is 12.9. The van der Waals surface area contributed by atoms with Gasteiger partial charge in [-0.1, -0.05) is 55.3 Å². The van der Waals surface area contributed by atoms with Gasteiger partial charge in [0.25, 0.3) is 0 Å². The number of nitrogens with zero attached hydrogens (tertiary/aromatic N) is 6. The number of benzene rings is 1. The smallest absolute Gasteiger partial charge is 0.233 e. The quantitative estimate of drug-likeness (QED) is 0.513. The number of carbonyl (C=O) groups is 1. The lowest BCUT2D eigenvalue weighted by Crippen LogP contribution is -2.49. The molecule has 33 heavy (non-hydrogen) atoms. The topological polar surface area (TPSA) is 67.2 Å². The van der Waals surface area contributed by atoms with E-state index in [4.69, 9.17) is 10.1 Å². The van der Waals surface area contributed by atoms with Crippen LogP contribution < -0.4 is 4.90 Å². The molecule has 0 atom stereocenters. The highest BCUT2D eigenvalue weighted by atomic mass is 32.2. The molecular formula is C25H30N6OS. The molecule has 1 saturated carbocycles. The Morgan fingerprint density at radius 2 is 1.70 bits per heavy atom. The summed E-state index contributed by atoms with van der Waals surface area (Å²) >= 11 is 1.45. The predicted octanol–water partition coefficient (Wildman–Crippen LogP) is 4.15. The van der Waals surface area contributed by atoms with E-state index in [1.165, 1.54) is 31.0 Å². The summed E-state index contributed by atoms with van der Waals surface area (Å²) in [6.45, 7) is 3.05. The molecule has 0 unspecified atom stereocenters. The van der Waals surface area contributed by atoms with Gasteiger partial charge in [-0.05, 0) is 37.1 Å². The van der Waals surface area contributed by atoms with Crippen LogP contribution in [0.4, 0.5) is 5.82 Å². The maximum Gasteiger partial charge on any atom is 0.233 e. The first-order valence-electron chi connectivity index (χ1n) is 11.9. The number of pyridine rings is 1. The van der Waals surface area contributed by atoms with E-state index in [1.807, 2.05) is 52.2 Å². The number of aromatic nitrogens is 4. The lowest BCUT2D eigenvalue weighted by atomic mass is 9.88. The Morgan fingerprint density at radius 3 is 2.42 bits per heavy atom. The fourth-order valence-corrected chi connectivity index (χ4v) is 5.43. The van der Waals surface area contributed by atoms with Crippen LogP contribution in [0.3, 0.4) is 0 Å². The van der Waals surface area contributed by atoms with Crippen molar-refractivity contribution < 1.29 is 4.79 Å². The van der Waals surface area contributed by atoms with Gasteiger partial charge in [-0.25, -0.2) is 14.6 Å². The van der Waals surface area contributed by atoms with Gasteiger partial charge in [0.1, 0.15) is 11.6 Å². The molecule has 5 rings (SSSR count). The summed E-state index contributed by atoms with van der Waals surface area (Å²) in [6.07, 6.45) is 7.94. The molecule has 172 valence electrons. The molecule has 1 aromatic carbocycles. The molecule has 2 aliphatic rings. The van der Waals surface area contributed by atoms with Gasteiger partial charge >= 0.3 is 0 Å². The van der Waals surface area contributed by atoms with Crippen molar-refractivity contribution in [1.82, 2.24) is 24.6 Å². The van der Waals surface area contributed by atoms with Crippen LogP contribution in [0.2, 0.25) is 0 Å². The largest absolute Gasteiger partial charge is 0.353 e. The Morgan fingerprint density at radius 1 is 0.939 bits per heavy atom. The normalized spacial score (nSPS) is 17.3. The number of carbonyl (C=O) groups excluding carboxylic acids is 1. The van der Waals surface area contributed by atoms with E-state index in [0.29, 0.717) is 16.8 Å². The summed E-state index contributed by atoms with van der Waals surface area (Å²) in [5.41, 5.74) is 1.04. The Balaban J connectivity index is 1.22. The predicted molar refractivity (Wildman–Crippen MR) is 131 cm³/mol. The molecule has 3 heterocycles. The van der Waals surface area contributed by atoms with E-state index in [0.717, 1.165) is 56.4 Å². The second-order valence-corrected chi connectivity index (χ2v) is 9.62. The summed E-state index contributed by atoms with van der Waals surface area (Å²) in [7, 11) is 0. The van der Waals surface area contributed by atoms with Crippen LogP contribution in [-0.2, 0) is 4.79 Å². The SMILES string of the molecule is O=C(CSc1nc(C2CCCCC2)n(-c2ccccc2)n1)N1CCN(c2ccccn2)CC1. The molecule has 2 aromatic heterocycles. The fourth-order valence-electron chi connectivity index (χ4n) is 4.69. The van der Waals surface area contributed by atoms with Gasteiger partial charge in [-0.15, -0.1) is 5.10 Å². The van der Waals surface area contributed by atoms with Crippen LogP contribution >= 0.6 is 11.8 Å². The standard InChI is InChI=1S/C25H30N6OS/c32-23(30-17-15-29(16-18-30)22-13-7-8-14-26-22)19-33-25-27-24(20-9-3-1-4-10-20)31(28-25)21-11-5-2-6-12-21/h2,5-8,11-14,20H,1,3-4,9-10,15-19H2. The monoisotopic (exact) mass is 462 g/mol. The number of piperazine rings is 1. The Kier molecular flexibility index (Phi) is 6.90. The van der Waals surface area contributed by atoms with Gasteiger partial charge in [0, 0.05) is 38.3 Å². The zero-order valence-electron chi connectivity index (χ0n) is 18.8.